The van der Waals surface area contributed by atoms with Crippen molar-refractivity contribution in [2.75, 3.05) is 62.2 Å². The van der Waals surface area contributed by atoms with E-state index in [0.717, 1.165) is 88.2 Å². The molecule has 4 aliphatic rings. The number of piperidine rings is 2. The normalized spacial score (nSPS) is 19.6. The van der Waals surface area contributed by atoms with Gasteiger partial charge in [0.05, 0.1) is 37.1 Å². The van der Waals surface area contributed by atoms with Crippen LogP contribution in [0.5, 0.6) is 0 Å². The molecule has 0 saturated carbocycles. The van der Waals surface area contributed by atoms with Crippen molar-refractivity contribution in [3.05, 3.63) is 128 Å². The minimum absolute atomic E-state index is 0.244. The number of benzene rings is 2. The topological polar surface area (TPSA) is 205 Å². The molecule has 10 heterocycles. The SMILES string of the molecule is C[C@H](c1ccc(Cl)cc1Cl)n1nc(C#N)c2ncc(N3CC([C@@H]4CCCN(Cc5cnc[nH]5)C4)C3)nc21.C[C@H](c1ccc(Cl)cc1Cl)n1nc(C#N)c2ncc(N3CC([C@H]4CCCN(Cc5cnc[nH]5)C4)C3)nc21. The third-order valence-electron chi connectivity index (χ3n) is 15.3. The molecule has 380 valence electrons. The molecule has 6 aromatic heterocycles. The van der Waals surface area contributed by atoms with Gasteiger partial charge in [-0.3, -0.25) is 9.80 Å². The molecule has 4 fully saturated rings. The molecule has 18 nitrogen and oxygen atoms in total. The Hall–Kier alpha value is -6.38. The van der Waals surface area contributed by atoms with Crippen LogP contribution >= 0.6 is 46.4 Å². The van der Waals surface area contributed by atoms with Gasteiger partial charge in [0.2, 0.25) is 0 Å². The average molecular weight is 1070 g/mol. The minimum atomic E-state index is -0.244. The minimum Gasteiger partial charge on any atom is -0.355 e. The Kier molecular flexibility index (Phi) is 14.4. The fourth-order valence-corrected chi connectivity index (χ4v) is 12.3. The summed E-state index contributed by atoms with van der Waals surface area (Å²) in [7, 11) is 0. The number of H-pyrrole nitrogens is 2. The zero-order valence-corrected chi connectivity index (χ0v) is 44.0. The zero-order valence-electron chi connectivity index (χ0n) is 41.0. The van der Waals surface area contributed by atoms with Crippen molar-refractivity contribution < 1.29 is 0 Å². The van der Waals surface area contributed by atoms with Gasteiger partial charge in [-0.15, -0.1) is 0 Å². The fraction of sp³-hybridized carbons (Fsp3) is 0.423. The third kappa shape index (κ3) is 10.2. The number of halogens is 4. The summed E-state index contributed by atoms with van der Waals surface area (Å²) in [5, 5.41) is 30.6. The van der Waals surface area contributed by atoms with E-state index in [9.17, 15) is 10.5 Å². The number of hydrogen-bond donors (Lipinski definition) is 2. The van der Waals surface area contributed by atoms with E-state index in [1.165, 1.54) is 37.1 Å². The number of nitrogens with zero attached hydrogens (tertiary/aromatic N) is 16. The highest BCUT2D eigenvalue weighted by atomic mass is 35.5. The molecular formula is C52H54Cl4N18. The molecule has 0 spiro atoms. The monoisotopic (exact) mass is 1070 g/mol. The number of fused-ring (bicyclic) bond motifs is 2. The highest BCUT2D eigenvalue weighted by molar-refractivity contribution is 6.35. The molecule has 0 unspecified atom stereocenters. The van der Waals surface area contributed by atoms with E-state index in [1.54, 1.807) is 58.7 Å². The number of nitrogens with one attached hydrogen (secondary N) is 2. The summed E-state index contributed by atoms with van der Waals surface area (Å²) >= 11 is 25.1. The van der Waals surface area contributed by atoms with Gasteiger partial charge in [-0.25, -0.2) is 39.3 Å². The second-order valence-corrected chi connectivity index (χ2v) is 21.7. The van der Waals surface area contributed by atoms with Gasteiger partial charge < -0.3 is 19.8 Å². The lowest BCUT2D eigenvalue weighted by atomic mass is 9.80. The zero-order chi connectivity index (χ0) is 51.0. The second kappa shape index (κ2) is 21.5. The number of likely N-dealkylation sites (tertiary alicyclic amines) is 2. The third-order valence-corrected chi connectivity index (χ3v) is 16.5. The van der Waals surface area contributed by atoms with Crippen molar-refractivity contribution in [1.29, 1.82) is 10.5 Å². The lowest BCUT2D eigenvalue weighted by Crippen LogP contribution is -2.53. The van der Waals surface area contributed by atoms with E-state index in [2.05, 4.69) is 71.8 Å². The number of anilines is 2. The lowest BCUT2D eigenvalue weighted by Gasteiger charge is -2.47. The number of rotatable bonds is 12. The summed E-state index contributed by atoms with van der Waals surface area (Å²) in [5.41, 5.74) is 6.73. The van der Waals surface area contributed by atoms with Gasteiger partial charge in [0.25, 0.3) is 0 Å². The van der Waals surface area contributed by atoms with Gasteiger partial charge in [0.15, 0.2) is 22.7 Å². The van der Waals surface area contributed by atoms with Crippen LogP contribution < -0.4 is 9.80 Å². The molecule has 12 rings (SSSR count). The predicted octanol–water partition coefficient (Wildman–Crippen LogP) is 9.37. The summed E-state index contributed by atoms with van der Waals surface area (Å²) in [5.74, 6) is 4.24. The van der Waals surface area contributed by atoms with Gasteiger partial charge in [0, 0.05) is 96.2 Å². The summed E-state index contributed by atoms with van der Waals surface area (Å²) in [6.07, 6.45) is 15.8. The first-order valence-corrected chi connectivity index (χ1v) is 26.6. The highest BCUT2D eigenvalue weighted by Gasteiger charge is 2.39. The van der Waals surface area contributed by atoms with Crippen LogP contribution in [-0.2, 0) is 13.1 Å². The van der Waals surface area contributed by atoms with Crippen LogP contribution in [0.1, 0.15) is 85.5 Å². The number of aromatic amines is 2. The standard InChI is InChI=1S/2C26H27Cl2N9/c2*1-16(21-5-4-19(27)7-22(21)28)37-26-25(23(8-29)34-37)31-10-24(33-26)36-12-18(13-36)17-3-2-6-35(11-17)14-20-9-30-15-32-20/h2*4-5,7,9-10,15-18H,2-3,6,11-14H2,1H3,(H,30,32)/t16-,17+;16-,17-/m11/s1. The Bertz CT molecular complexity index is 3130. The largest absolute Gasteiger partial charge is 0.355 e. The molecule has 0 amide bonds. The number of aromatic nitrogens is 12. The van der Waals surface area contributed by atoms with E-state index in [1.807, 2.05) is 38.4 Å². The van der Waals surface area contributed by atoms with Crippen LogP contribution in [0, 0.1) is 46.3 Å². The number of nitriles is 2. The molecule has 8 aromatic rings. The molecule has 0 radical (unpaired) electrons. The first-order valence-electron chi connectivity index (χ1n) is 25.1. The van der Waals surface area contributed by atoms with Gasteiger partial charge in [0.1, 0.15) is 34.8 Å². The van der Waals surface area contributed by atoms with Crippen LogP contribution in [0.3, 0.4) is 0 Å². The maximum absolute atomic E-state index is 9.65. The molecule has 4 saturated heterocycles. The number of hydrogen-bond acceptors (Lipinski definition) is 14. The van der Waals surface area contributed by atoms with E-state index in [-0.39, 0.29) is 23.5 Å². The van der Waals surface area contributed by atoms with Crippen molar-refractivity contribution in [2.45, 2.75) is 64.7 Å². The summed E-state index contributed by atoms with van der Waals surface area (Å²) < 4.78 is 3.48. The lowest BCUT2D eigenvalue weighted by molar-refractivity contribution is 0.113. The molecular weight excluding hydrogens is 1020 g/mol. The summed E-state index contributed by atoms with van der Waals surface area (Å²) in [6, 6.07) is 14.6. The van der Waals surface area contributed by atoms with E-state index < -0.39 is 0 Å². The Morgan fingerprint density at radius 1 is 0.595 bits per heavy atom. The molecule has 0 bridgehead atoms. The van der Waals surface area contributed by atoms with Crippen LogP contribution in [0.15, 0.2) is 73.8 Å². The molecule has 2 N–H and O–H groups in total. The summed E-state index contributed by atoms with van der Waals surface area (Å²) in [4.78, 5) is 43.4. The molecule has 22 heteroatoms. The van der Waals surface area contributed by atoms with Crippen LogP contribution in [0.25, 0.3) is 22.3 Å². The first-order chi connectivity index (χ1) is 36.0. The average Bonchev–Trinajstić information content (AvgIpc) is 4.21. The highest BCUT2D eigenvalue weighted by Crippen LogP contribution is 2.38. The molecule has 4 aliphatic heterocycles. The summed E-state index contributed by atoms with van der Waals surface area (Å²) in [6.45, 7) is 14.1. The van der Waals surface area contributed by atoms with E-state index >= 15 is 0 Å². The molecule has 0 aliphatic carbocycles. The first kappa shape index (κ1) is 49.8. The Balaban J connectivity index is 0.000000159. The van der Waals surface area contributed by atoms with Crippen molar-refractivity contribution >= 4 is 80.4 Å². The fourth-order valence-electron chi connectivity index (χ4n) is 11.2. The van der Waals surface area contributed by atoms with Crippen LogP contribution in [0.4, 0.5) is 11.6 Å². The van der Waals surface area contributed by atoms with Crippen LogP contribution in [0.2, 0.25) is 20.1 Å². The Morgan fingerprint density at radius 2 is 1.03 bits per heavy atom. The van der Waals surface area contributed by atoms with Gasteiger partial charge in [-0.1, -0.05) is 58.5 Å². The Labute approximate surface area is 448 Å². The molecule has 74 heavy (non-hydrogen) atoms. The van der Waals surface area contributed by atoms with Gasteiger partial charge in [-0.2, -0.15) is 20.7 Å². The maximum atomic E-state index is 9.65. The molecule has 2 aromatic carbocycles. The van der Waals surface area contributed by atoms with Crippen molar-refractivity contribution in [3.8, 4) is 12.1 Å². The predicted molar refractivity (Wildman–Crippen MR) is 285 cm³/mol. The van der Waals surface area contributed by atoms with E-state index in [0.29, 0.717) is 66.1 Å². The maximum Gasteiger partial charge on any atom is 0.190 e. The van der Waals surface area contributed by atoms with Gasteiger partial charge >= 0.3 is 0 Å². The molecule has 4 atom stereocenters. The van der Waals surface area contributed by atoms with Crippen LogP contribution in [-0.4, -0.2) is 122 Å². The number of imidazole rings is 2. The van der Waals surface area contributed by atoms with Crippen molar-refractivity contribution in [1.82, 2.24) is 69.2 Å². The second-order valence-electron chi connectivity index (χ2n) is 20.1. The van der Waals surface area contributed by atoms with Crippen molar-refractivity contribution in [2.24, 2.45) is 23.7 Å². The van der Waals surface area contributed by atoms with Gasteiger partial charge in [-0.05, 0) is 112 Å². The smallest absolute Gasteiger partial charge is 0.190 e. The Morgan fingerprint density at radius 3 is 1.41 bits per heavy atom. The quantitative estimate of drug-likeness (QED) is 0.117. The van der Waals surface area contributed by atoms with E-state index in [4.69, 9.17) is 56.4 Å². The van der Waals surface area contributed by atoms with Crippen molar-refractivity contribution in [3.63, 3.8) is 0 Å².